The second-order valence-electron chi connectivity index (χ2n) is 5.33. The molecule has 21 heavy (non-hydrogen) atoms. The number of nitrogens with one attached hydrogen (secondary N) is 1. The first kappa shape index (κ1) is 16.1. The normalized spacial score (nSPS) is 16.6. The predicted octanol–water partition coefficient (Wildman–Crippen LogP) is 2.09. The zero-order valence-corrected chi connectivity index (χ0v) is 13.4. The molecule has 2 heterocycles. The third kappa shape index (κ3) is 4.89. The highest BCUT2D eigenvalue weighted by atomic mass is 32.2. The summed E-state index contributed by atoms with van der Waals surface area (Å²) in [5, 5.41) is 2.78. The minimum Gasteiger partial charge on any atom is -0.370 e. The Balaban J connectivity index is 1.88. The van der Waals surface area contributed by atoms with Crippen LogP contribution in [0.3, 0.4) is 0 Å². The Morgan fingerprint density at radius 3 is 2.81 bits per heavy atom. The molecule has 1 amide bonds. The van der Waals surface area contributed by atoms with Crippen molar-refractivity contribution >= 4 is 29.2 Å². The van der Waals surface area contributed by atoms with E-state index in [9.17, 15) is 4.79 Å². The lowest BCUT2D eigenvalue weighted by Gasteiger charge is -2.28. The van der Waals surface area contributed by atoms with Crippen molar-refractivity contribution in [2.24, 2.45) is 5.73 Å². The number of anilines is 2. The monoisotopic (exact) mass is 308 g/mol. The second-order valence-corrected chi connectivity index (χ2v) is 6.31. The average Bonchev–Trinajstić information content (AvgIpc) is 2.54. The number of amides is 1. The smallest absolute Gasteiger partial charge is 0.242 e. The summed E-state index contributed by atoms with van der Waals surface area (Å²) >= 11 is 1.69. The number of hydrogen-bond donors (Lipinski definition) is 2. The van der Waals surface area contributed by atoms with E-state index in [1.807, 2.05) is 24.6 Å². The van der Waals surface area contributed by atoms with Crippen LogP contribution in [0.1, 0.15) is 25.7 Å². The molecule has 3 N–H and O–H groups in total. The van der Waals surface area contributed by atoms with Crippen molar-refractivity contribution in [2.75, 3.05) is 35.3 Å². The molecule has 1 aromatic heterocycles. The molecule has 1 aliphatic rings. The summed E-state index contributed by atoms with van der Waals surface area (Å²) in [6, 6.07) is 3.39. The van der Waals surface area contributed by atoms with Gasteiger partial charge in [0.05, 0.1) is 17.9 Å². The fraction of sp³-hybridized carbons (Fsp3) is 0.600. The standard InChI is InChI=1S/C15H24N4OS/c1-21-10-7-13(16)15(20)18-14-6-5-12(11-17-14)19-8-3-2-4-9-19/h5-6,11,13H,2-4,7-10,16H2,1H3,(H,17,18,20)/t13-/m0/s1. The largest absolute Gasteiger partial charge is 0.370 e. The quantitative estimate of drug-likeness (QED) is 0.842. The fourth-order valence-electron chi connectivity index (χ4n) is 2.39. The van der Waals surface area contributed by atoms with Gasteiger partial charge in [-0.1, -0.05) is 0 Å². The van der Waals surface area contributed by atoms with E-state index in [-0.39, 0.29) is 5.91 Å². The molecule has 0 aromatic carbocycles. The van der Waals surface area contributed by atoms with Crippen LogP contribution in [0.5, 0.6) is 0 Å². The van der Waals surface area contributed by atoms with E-state index >= 15 is 0 Å². The van der Waals surface area contributed by atoms with Crippen LogP contribution in [0, 0.1) is 0 Å². The Morgan fingerprint density at radius 1 is 1.43 bits per heavy atom. The molecule has 6 heteroatoms. The van der Waals surface area contributed by atoms with Crippen LogP contribution >= 0.6 is 11.8 Å². The van der Waals surface area contributed by atoms with Gasteiger partial charge in [-0.05, 0) is 49.8 Å². The van der Waals surface area contributed by atoms with E-state index in [1.54, 1.807) is 11.8 Å². The maximum Gasteiger partial charge on any atom is 0.242 e. The summed E-state index contributed by atoms with van der Waals surface area (Å²) in [6.07, 6.45) is 8.30. The molecule has 1 aliphatic heterocycles. The van der Waals surface area contributed by atoms with Crippen molar-refractivity contribution in [2.45, 2.75) is 31.7 Å². The van der Waals surface area contributed by atoms with Crippen molar-refractivity contribution in [3.05, 3.63) is 18.3 Å². The molecular formula is C15H24N4OS. The Kier molecular flexibility index (Phi) is 6.32. The maximum absolute atomic E-state index is 11.9. The highest BCUT2D eigenvalue weighted by molar-refractivity contribution is 7.98. The van der Waals surface area contributed by atoms with Crippen LogP contribution in [0.25, 0.3) is 0 Å². The lowest BCUT2D eigenvalue weighted by atomic mass is 10.1. The zero-order chi connectivity index (χ0) is 15.1. The second kappa shape index (κ2) is 8.24. The number of pyridine rings is 1. The van der Waals surface area contributed by atoms with E-state index in [4.69, 9.17) is 5.73 Å². The van der Waals surface area contributed by atoms with Gasteiger partial charge in [0.2, 0.25) is 5.91 Å². The third-order valence-corrected chi connectivity index (χ3v) is 4.33. The molecular weight excluding hydrogens is 284 g/mol. The molecule has 0 radical (unpaired) electrons. The Hall–Kier alpha value is -1.27. The third-order valence-electron chi connectivity index (χ3n) is 3.69. The van der Waals surface area contributed by atoms with Gasteiger partial charge in [-0.3, -0.25) is 4.79 Å². The van der Waals surface area contributed by atoms with Crippen LogP contribution in [0.4, 0.5) is 11.5 Å². The molecule has 1 saturated heterocycles. The Labute approximate surface area is 130 Å². The average molecular weight is 308 g/mol. The molecule has 0 unspecified atom stereocenters. The van der Waals surface area contributed by atoms with Crippen molar-refractivity contribution in [3.8, 4) is 0 Å². The maximum atomic E-state index is 11.9. The highest BCUT2D eigenvalue weighted by Crippen LogP contribution is 2.20. The van der Waals surface area contributed by atoms with Gasteiger partial charge in [0.25, 0.3) is 0 Å². The Morgan fingerprint density at radius 2 is 2.19 bits per heavy atom. The fourth-order valence-corrected chi connectivity index (χ4v) is 2.88. The van der Waals surface area contributed by atoms with Crippen molar-refractivity contribution < 1.29 is 4.79 Å². The van der Waals surface area contributed by atoms with Crippen LogP contribution in [-0.2, 0) is 4.79 Å². The SMILES string of the molecule is CSCC[C@H](N)C(=O)Nc1ccc(N2CCCCC2)cn1. The number of nitrogens with two attached hydrogens (primary N) is 1. The number of carbonyl (C=O) groups is 1. The van der Waals surface area contributed by atoms with E-state index in [0.29, 0.717) is 12.2 Å². The molecule has 116 valence electrons. The number of carbonyl (C=O) groups excluding carboxylic acids is 1. The first-order chi connectivity index (χ1) is 10.2. The zero-order valence-electron chi connectivity index (χ0n) is 12.5. The lowest BCUT2D eigenvalue weighted by Crippen LogP contribution is -2.36. The van der Waals surface area contributed by atoms with Gasteiger partial charge in [-0.25, -0.2) is 4.98 Å². The van der Waals surface area contributed by atoms with Crippen molar-refractivity contribution in [1.82, 2.24) is 4.98 Å². The molecule has 0 spiro atoms. The van der Waals surface area contributed by atoms with E-state index < -0.39 is 6.04 Å². The number of aromatic nitrogens is 1. The van der Waals surface area contributed by atoms with Gasteiger partial charge in [0.15, 0.2) is 0 Å². The van der Waals surface area contributed by atoms with Crippen LogP contribution in [0.2, 0.25) is 0 Å². The van der Waals surface area contributed by atoms with Crippen molar-refractivity contribution in [1.29, 1.82) is 0 Å². The van der Waals surface area contributed by atoms with Crippen LogP contribution in [0.15, 0.2) is 18.3 Å². The minimum atomic E-state index is -0.471. The first-order valence-electron chi connectivity index (χ1n) is 7.47. The van der Waals surface area contributed by atoms with Gasteiger partial charge < -0.3 is 16.0 Å². The van der Waals surface area contributed by atoms with E-state index in [0.717, 1.165) is 24.5 Å². The molecule has 1 atom stereocenters. The van der Waals surface area contributed by atoms with Gasteiger partial charge in [0.1, 0.15) is 5.82 Å². The number of piperidine rings is 1. The van der Waals surface area contributed by atoms with Crippen LogP contribution in [-0.4, -0.2) is 42.0 Å². The van der Waals surface area contributed by atoms with E-state index in [2.05, 4.69) is 15.2 Å². The van der Waals surface area contributed by atoms with Gasteiger partial charge in [0, 0.05) is 13.1 Å². The molecule has 1 fully saturated rings. The molecule has 5 nitrogen and oxygen atoms in total. The summed E-state index contributed by atoms with van der Waals surface area (Å²) in [4.78, 5) is 18.6. The summed E-state index contributed by atoms with van der Waals surface area (Å²) in [6.45, 7) is 2.18. The molecule has 0 bridgehead atoms. The predicted molar refractivity (Wildman–Crippen MR) is 89.9 cm³/mol. The van der Waals surface area contributed by atoms with Gasteiger partial charge in [-0.2, -0.15) is 11.8 Å². The van der Waals surface area contributed by atoms with Gasteiger partial charge >= 0.3 is 0 Å². The highest BCUT2D eigenvalue weighted by Gasteiger charge is 2.14. The summed E-state index contributed by atoms with van der Waals surface area (Å²) in [7, 11) is 0. The van der Waals surface area contributed by atoms with Gasteiger partial charge in [-0.15, -0.1) is 0 Å². The Bertz CT molecular complexity index is 445. The number of thioether (sulfide) groups is 1. The molecule has 0 aliphatic carbocycles. The topological polar surface area (TPSA) is 71.2 Å². The van der Waals surface area contributed by atoms with E-state index in [1.165, 1.54) is 19.3 Å². The number of rotatable bonds is 6. The lowest BCUT2D eigenvalue weighted by molar-refractivity contribution is -0.117. The van der Waals surface area contributed by atoms with Crippen LogP contribution < -0.4 is 16.0 Å². The molecule has 0 saturated carbocycles. The first-order valence-corrected chi connectivity index (χ1v) is 8.86. The molecule has 1 aromatic rings. The summed E-state index contributed by atoms with van der Waals surface area (Å²) in [5.74, 6) is 1.29. The molecule has 2 rings (SSSR count). The summed E-state index contributed by atoms with van der Waals surface area (Å²) in [5.41, 5.74) is 6.96. The van der Waals surface area contributed by atoms with Crippen molar-refractivity contribution in [3.63, 3.8) is 0 Å². The summed E-state index contributed by atoms with van der Waals surface area (Å²) < 4.78 is 0. The number of hydrogen-bond acceptors (Lipinski definition) is 5. The minimum absolute atomic E-state index is 0.165. The number of nitrogens with zero attached hydrogens (tertiary/aromatic N) is 2.